The fourth-order valence-electron chi connectivity index (χ4n) is 1.22. The lowest BCUT2D eigenvalue weighted by molar-refractivity contribution is 0.475. The Morgan fingerprint density at radius 3 is 2.92 bits per heavy atom. The van der Waals surface area contributed by atoms with Gasteiger partial charge in [-0.25, -0.2) is 0 Å². The van der Waals surface area contributed by atoms with Crippen molar-refractivity contribution in [3.63, 3.8) is 0 Å². The minimum absolute atomic E-state index is 0.865. The summed E-state index contributed by atoms with van der Waals surface area (Å²) in [5, 5.41) is 0. The minimum atomic E-state index is 0.865. The van der Waals surface area contributed by atoms with Gasteiger partial charge in [-0.2, -0.15) is 0 Å². The van der Waals surface area contributed by atoms with E-state index >= 15 is 0 Å². The summed E-state index contributed by atoms with van der Waals surface area (Å²) in [4.78, 5) is 0.914. The minimum Gasteiger partial charge on any atom is -0.465 e. The number of hydrogen-bond acceptors (Lipinski definition) is 2. The van der Waals surface area contributed by atoms with Crippen LogP contribution in [-0.2, 0) is 6.42 Å². The number of benzene rings is 1. The van der Waals surface area contributed by atoms with Crippen molar-refractivity contribution in [2.24, 2.45) is 0 Å². The predicted octanol–water partition coefficient (Wildman–Crippen LogP) is 3.45. The van der Waals surface area contributed by atoms with E-state index in [-0.39, 0.29) is 0 Å². The SMILES string of the molecule is C=COc1cc(S)ccc1CCC. The van der Waals surface area contributed by atoms with Gasteiger partial charge in [0.25, 0.3) is 0 Å². The maximum absolute atomic E-state index is 5.29. The topological polar surface area (TPSA) is 9.23 Å². The fraction of sp³-hybridized carbons (Fsp3) is 0.273. The van der Waals surface area contributed by atoms with Gasteiger partial charge in [-0.15, -0.1) is 12.6 Å². The molecule has 0 saturated heterocycles. The van der Waals surface area contributed by atoms with Crippen molar-refractivity contribution in [2.45, 2.75) is 24.7 Å². The Balaban J connectivity index is 2.95. The average Bonchev–Trinajstić information content (AvgIpc) is 2.10. The Hall–Kier alpha value is -0.890. The highest BCUT2D eigenvalue weighted by Crippen LogP contribution is 2.23. The second-order valence-electron chi connectivity index (χ2n) is 2.83. The average molecular weight is 194 g/mol. The van der Waals surface area contributed by atoms with E-state index in [1.165, 1.54) is 11.8 Å². The van der Waals surface area contributed by atoms with Crippen molar-refractivity contribution in [3.05, 3.63) is 36.6 Å². The van der Waals surface area contributed by atoms with Crippen LogP contribution in [-0.4, -0.2) is 0 Å². The van der Waals surface area contributed by atoms with E-state index in [4.69, 9.17) is 4.74 Å². The van der Waals surface area contributed by atoms with E-state index in [0.717, 1.165) is 23.5 Å². The molecule has 0 unspecified atom stereocenters. The van der Waals surface area contributed by atoms with E-state index in [9.17, 15) is 0 Å². The Morgan fingerprint density at radius 1 is 1.54 bits per heavy atom. The molecule has 0 aliphatic carbocycles. The molecule has 0 N–H and O–H groups in total. The normalized spacial score (nSPS) is 9.69. The molecule has 0 heterocycles. The fourth-order valence-corrected chi connectivity index (χ4v) is 1.41. The van der Waals surface area contributed by atoms with Gasteiger partial charge in [-0.05, 0) is 24.1 Å². The van der Waals surface area contributed by atoms with E-state index in [0.29, 0.717) is 0 Å². The van der Waals surface area contributed by atoms with Crippen molar-refractivity contribution in [1.82, 2.24) is 0 Å². The van der Waals surface area contributed by atoms with Crippen molar-refractivity contribution < 1.29 is 4.74 Å². The lowest BCUT2D eigenvalue weighted by Crippen LogP contribution is -1.90. The molecule has 0 spiro atoms. The molecule has 2 heteroatoms. The van der Waals surface area contributed by atoms with Crippen LogP contribution in [0.15, 0.2) is 35.9 Å². The van der Waals surface area contributed by atoms with Gasteiger partial charge in [0.15, 0.2) is 0 Å². The highest BCUT2D eigenvalue weighted by molar-refractivity contribution is 7.80. The van der Waals surface area contributed by atoms with Crippen LogP contribution in [0.2, 0.25) is 0 Å². The monoisotopic (exact) mass is 194 g/mol. The van der Waals surface area contributed by atoms with E-state index in [2.05, 4.69) is 26.1 Å². The molecule has 1 aromatic carbocycles. The largest absolute Gasteiger partial charge is 0.465 e. The number of thiol groups is 1. The number of rotatable bonds is 4. The summed E-state index contributed by atoms with van der Waals surface area (Å²) in [5.41, 5.74) is 1.21. The molecular weight excluding hydrogens is 180 g/mol. The number of aryl methyl sites for hydroxylation is 1. The first-order valence-corrected chi connectivity index (χ1v) is 4.82. The summed E-state index contributed by atoms with van der Waals surface area (Å²) in [6, 6.07) is 5.94. The van der Waals surface area contributed by atoms with Crippen LogP contribution in [0.5, 0.6) is 5.75 Å². The van der Waals surface area contributed by atoms with Gasteiger partial charge >= 0.3 is 0 Å². The van der Waals surface area contributed by atoms with Gasteiger partial charge < -0.3 is 4.74 Å². The van der Waals surface area contributed by atoms with Crippen molar-refractivity contribution in [2.75, 3.05) is 0 Å². The van der Waals surface area contributed by atoms with E-state index in [1.807, 2.05) is 18.2 Å². The second kappa shape index (κ2) is 4.97. The second-order valence-corrected chi connectivity index (χ2v) is 3.34. The first-order valence-electron chi connectivity index (χ1n) is 4.37. The smallest absolute Gasteiger partial charge is 0.130 e. The van der Waals surface area contributed by atoms with Crippen LogP contribution < -0.4 is 4.74 Å². The summed E-state index contributed by atoms with van der Waals surface area (Å²) < 4.78 is 5.29. The Labute approximate surface area is 84.8 Å². The molecule has 0 amide bonds. The standard InChI is InChI=1S/C11H14OS/c1-3-5-9-6-7-10(13)8-11(9)12-4-2/h4,6-8,13H,2-3,5H2,1H3. The zero-order valence-corrected chi connectivity index (χ0v) is 8.68. The highest BCUT2D eigenvalue weighted by Gasteiger charge is 2.01. The Bertz CT molecular complexity index is 294. The van der Waals surface area contributed by atoms with Gasteiger partial charge in [0.2, 0.25) is 0 Å². The maximum Gasteiger partial charge on any atom is 0.130 e. The molecular formula is C11H14OS. The molecule has 0 atom stereocenters. The third-order valence-corrected chi connectivity index (χ3v) is 2.06. The van der Waals surface area contributed by atoms with Gasteiger partial charge in [0.05, 0.1) is 6.26 Å². The van der Waals surface area contributed by atoms with Crippen LogP contribution in [0, 0.1) is 0 Å². The quantitative estimate of drug-likeness (QED) is 0.570. The number of hydrogen-bond donors (Lipinski definition) is 1. The molecule has 1 aromatic rings. The molecule has 1 nitrogen and oxygen atoms in total. The van der Waals surface area contributed by atoms with Crippen molar-refractivity contribution in [1.29, 1.82) is 0 Å². The summed E-state index contributed by atoms with van der Waals surface area (Å²) in [7, 11) is 0. The molecule has 0 radical (unpaired) electrons. The first kappa shape index (κ1) is 10.2. The molecule has 0 aliphatic rings. The highest BCUT2D eigenvalue weighted by atomic mass is 32.1. The van der Waals surface area contributed by atoms with Gasteiger partial charge in [-0.3, -0.25) is 0 Å². The predicted molar refractivity (Wildman–Crippen MR) is 58.5 cm³/mol. The van der Waals surface area contributed by atoms with Gasteiger partial charge in [0.1, 0.15) is 5.75 Å². The first-order chi connectivity index (χ1) is 6.27. The molecule has 70 valence electrons. The van der Waals surface area contributed by atoms with Crippen LogP contribution in [0.4, 0.5) is 0 Å². The molecule has 0 bridgehead atoms. The molecule has 0 aliphatic heterocycles. The molecule has 13 heavy (non-hydrogen) atoms. The van der Waals surface area contributed by atoms with Crippen molar-refractivity contribution in [3.8, 4) is 5.75 Å². The summed E-state index contributed by atoms with van der Waals surface area (Å²) in [5.74, 6) is 0.865. The zero-order chi connectivity index (χ0) is 9.68. The third kappa shape index (κ3) is 2.81. The van der Waals surface area contributed by atoms with Crippen LogP contribution in [0.25, 0.3) is 0 Å². The summed E-state index contributed by atoms with van der Waals surface area (Å²) in [6.07, 6.45) is 3.58. The number of ether oxygens (including phenoxy) is 1. The van der Waals surface area contributed by atoms with Crippen LogP contribution in [0.1, 0.15) is 18.9 Å². The molecule has 0 saturated carbocycles. The Morgan fingerprint density at radius 2 is 2.31 bits per heavy atom. The maximum atomic E-state index is 5.29. The van der Waals surface area contributed by atoms with Crippen LogP contribution >= 0.6 is 12.6 Å². The Kier molecular flexibility index (Phi) is 3.90. The summed E-state index contributed by atoms with van der Waals surface area (Å²) in [6.45, 7) is 5.68. The van der Waals surface area contributed by atoms with Crippen molar-refractivity contribution >= 4 is 12.6 Å². The molecule has 0 aromatic heterocycles. The van der Waals surface area contributed by atoms with Gasteiger partial charge in [-0.1, -0.05) is 26.0 Å². The van der Waals surface area contributed by atoms with E-state index < -0.39 is 0 Å². The molecule has 1 rings (SSSR count). The lowest BCUT2D eigenvalue weighted by Gasteiger charge is -2.07. The summed E-state index contributed by atoms with van der Waals surface area (Å²) >= 11 is 4.25. The zero-order valence-electron chi connectivity index (χ0n) is 7.79. The van der Waals surface area contributed by atoms with Crippen LogP contribution in [0.3, 0.4) is 0 Å². The lowest BCUT2D eigenvalue weighted by atomic mass is 10.1. The third-order valence-electron chi connectivity index (χ3n) is 1.78. The van der Waals surface area contributed by atoms with E-state index in [1.54, 1.807) is 0 Å². The van der Waals surface area contributed by atoms with Gasteiger partial charge in [0, 0.05) is 4.90 Å². The molecule has 0 fully saturated rings.